The first-order chi connectivity index (χ1) is 27.0. The lowest BCUT2D eigenvalue weighted by Gasteiger charge is -2.16. The third kappa shape index (κ3) is 11.2. The fourth-order valence-corrected chi connectivity index (χ4v) is 8.60. The molecule has 296 valence electrons. The quantitative estimate of drug-likeness (QED) is 0.130. The van der Waals surface area contributed by atoms with E-state index in [-0.39, 0.29) is 38.1 Å². The second-order valence-corrected chi connectivity index (χ2v) is 16.3. The van der Waals surface area contributed by atoms with Crippen molar-refractivity contribution < 1.29 is 28.2 Å². The first-order valence-corrected chi connectivity index (χ1v) is 20.6. The highest BCUT2D eigenvalue weighted by Gasteiger charge is 2.24. The highest BCUT2D eigenvalue weighted by Crippen LogP contribution is 2.43. The third-order valence-corrected chi connectivity index (χ3v) is 12.0. The standard InChI is InChI=1S/C20H15Br2NO4S.C18H13Br2NO3.C2H3ClOS/c1-10-7-13(21)16(18(22)11(10)2)17-15(27-20(28)25-3)8-14(26-19(17)24)12-5-4-6-23-9-12;1-9-6-12(19)15(17(20)10(9)2)16-13(22)7-14(24-18(16)23)11-4-3-5-21-8-11;1-4-2(3)5/h4-9H,1-3H3;3-8,22H,1-2H3;1H3. The monoisotopic (exact) mass is 1080 g/mol. The molecule has 4 aromatic heterocycles. The van der Waals surface area contributed by atoms with Gasteiger partial charge in [-0.05, 0) is 142 Å². The molecule has 0 fully saturated rings. The Morgan fingerprint density at radius 1 is 0.702 bits per heavy atom. The minimum Gasteiger partial charge on any atom is -0.507 e. The van der Waals surface area contributed by atoms with Gasteiger partial charge in [0, 0.05) is 89.3 Å². The van der Waals surface area contributed by atoms with E-state index in [2.05, 4.69) is 90.6 Å². The average Bonchev–Trinajstić information content (AvgIpc) is 3.19. The van der Waals surface area contributed by atoms with Crippen LogP contribution in [0.5, 0.6) is 11.5 Å². The number of benzene rings is 2. The first-order valence-electron chi connectivity index (χ1n) is 16.3. The van der Waals surface area contributed by atoms with E-state index in [0.717, 1.165) is 35.7 Å². The fourth-order valence-electron chi connectivity index (χ4n) is 5.05. The Labute approximate surface area is 377 Å². The average molecular weight is 1090 g/mol. The number of hydrogen-bond acceptors (Lipinski definition) is 12. The Hall–Kier alpha value is -3.77. The van der Waals surface area contributed by atoms with Crippen LogP contribution in [0.4, 0.5) is 0 Å². The first kappa shape index (κ1) is 45.9. The minimum absolute atomic E-state index is 0.0602. The SMILES string of the molecule is COC(=S)Cl.COC(=S)Oc1cc(-c2cccnc2)oc(=O)c1-c1c(Br)cc(C)c(C)c1Br.Cc1cc(Br)c(-c2c(O)cc(-c3cccnc3)oc2=O)c(Br)c1C. The van der Waals surface area contributed by atoms with Crippen LogP contribution >= 0.6 is 99.8 Å². The summed E-state index contributed by atoms with van der Waals surface area (Å²) in [5.74, 6) is 0.665. The summed E-state index contributed by atoms with van der Waals surface area (Å²) in [6.07, 6.45) is 6.42. The Morgan fingerprint density at radius 3 is 1.54 bits per heavy atom. The van der Waals surface area contributed by atoms with Crippen LogP contribution in [-0.4, -0.2) is 39.0 Å². The molecule has 0 bridgehead atoms. The highest BCUT2D eigenvalue weighted by molar-refractivity contribution is 9.11. The molecule has 6 rings (SSSR count). The molecule has 0 spiro atoms. The van der Waals surface area contributed by atoms with E-state index in [1.165, 1.54) is 20.3 Å². The zero-order chi connectivity index (χ0) is 42.1. The molecule has 0 atom stereocenters. The number of aryl methyl sites for hydroxylation is 2. The van der Waals surface area contributed by atoms with Crippen LogP contribution in [0.25, 0.3) is 44.9 Å². The van der Waals surface area contributed by atoms with Crippen LogP contribution in [0.15, 0.2) is 110 Å². The van der Waals surface area contributed by atoms with E-state index in [4.69, 9.17) is 42.1 Å². The maximum atomic E-state index is 13.0. The van der Waals surface area contributed by atoms with Crippen LogP contribution in [0.3, 0.4) is 0 Å². The van der Waals surface area contributed by atoms with E-state index in [9.17, 15) is 14.7 Å². The van der Waals surface area contributed by atoms with Crippen molar-refractivity contribution in [2.24, 2.45) is 0 Å². The summed E-state index contributed by atoms with van der Waals surface area (Å²) in [4.78, 5) is 33.6. The van der Waals surface area contributed by atoms with Crippen LogP contribution in [0.1, 0.15) is 22.3 Å². The summed E-state index contributed by atoms with van der Waals surface area (Å²) in [7, 11) is 2.83. The summed E-state index contributed by atoms with van der Waals surface area (Å²) in [6.45, 7) is 7.86. The molecule has 0 saturated carbocycles. The number of rotatable bonds is 5. The fraction of sp³-hybridized carbons (Fsp3) is 0.150. The number of methoxy groups -OCH3 is 2. The minimum atomic E-state index is -0.612. The lowest BCUT2D eigenvalue weighted by molar-refractivity contribution is 0.314. The smallest absolute Gasteiger partial charge is 0.357 e. The Kier molecular flexibility index (Phi) is 16.7. The summed E-state index contributed by atoms with van der Waals surface area (Å²) in [5.41, 5.74) is 5.72. The van der Waals surface area contributed by atoms with Gasteiger partial charge in [0.15, 0.2) is 5.75 Å². The lowest BCUT2D eigenvalue weighted by atomic mass is 10.0. The Balaban J connectivity index is 0.000000228. The van der Waals surface area contributed by atoms with Crippen molar-refractivity contribution in [2.75, 3.05) is 14.2 Å². The van der Waals surface area contributed by atoms with Gasteiger partial charge in [-0.25, -0.2) is 9.59 Å². The molecule has 4 heterocycles. The van der Waals surface area contributed by atoms with E-state index in [0.29, 0.717) is 32.5 Å². The van der Waals surface area contributed by atoms with Crippen molar-refractivity contribution in [1.29, 1.82) is 0 Å². The number of hydrogen-bond donors (Lipinski definition) is 1. The number of aromatic hydroxyl groups is 1. The topological polar surface area (TPSA) is 134 Å². The molecule has 1 N–H and O–H groups in total. The van der Waals surface area contributed by atoms with E-state index >= 15 is 0 Å². The zero-order valence-corrected chi connectivity index (χ0v) is 39.6. The van der Waals surface area contributed by atoms with E-state index in [1.807, 2.05) is 39.8 Å². The van der Waals surface area contributed by atoms with Gasteiger partial charge >= 0.3 is 16.5 Å². The molecule has 6 aromatic rings. The van der Waals surface area contributed by atoms with Crippen molar-refractivity contribution >= 4 is 110 Å². The molecule has 0 aliphatic heterocycles. The van der Waals surface area contributed by atoms with Gasteiger partial charge in [0.25, 0.3) is 4.51 Å². The summed E-state index contributed by atoms with van der Waals surface area (Å²) >= 11 is 28.4. The molecular formula is C40H31Br4ClN2O8S2. The summed E-state index contributed by atoms with van der Waals surface area (Å²) in [5, 5.41) is 10.4. The number of thiocarbonyl (C=S) groups is 2. The van der Waals surface area contributed by atoms with Gasteiger partial charge in [-0.2, -0.15) is 0 Å². The van der Waals surface area contributed by atoms with Gasteiger partial charge in [-0.3, -0.25) is 9.97 Å². The van der Waals surface area contributed by atoms with Crippen molar-refractivity contribution in [1.82, 2.24) is 9.97 Å². The summed E-state index contributed by atoms with van der Waals surface area (Å²) < 4.78 is 28.9. The molecule has 0 amide bonds. The van der Waals surface area contributed by atoms with Crippen molar-refractivity contribution in [3.05, 3.63) is 134 Å². The maximum Gasteiger partial charge on any atom is 0.357 e. The zero-order valence-electron chi connectivity index (χ0n) is 30.8. The highest BCUT2D eigenvalue weighted by atomic mass is 79.9. The Morgan fingerprint density at radius 2 is 1.14 bits per heavy atom. The number of pyridine rings is 2. The van der Waals surface area contributed by atoms with Gasteiger partial charge in [-0.15, -0.1) is 0 Å². The second-order valence-electron chi connectivity index (χ2n) is 11.8. The largest absolute Gasteiger partial charge is 0.507 e. The van der Waals surface area contributed by atoms with Gasteiger partial charge in [0.05, 0.1) is 14.2 Å². The molecule has 10 nitrogen and oxygen atoms in total. The molecule has 0 aliphatic rings. The van der Waals surface area contributed by atoms with Crippen LogP contribution in [0, 0.1) is 27.7 Å². The molecule has 2 aromatic carbocycles. The molecular weight excluding hydrogens is 1060 g/mol. The van der Waals surface area contributed by atoms with Crippen molar-refractivity contribution in [3.8, 4) is 56.4 Å². The van der Waals surface area contributed by atoms with Crippen molar-refractivity contribution in [3.63, 3.8) is 0 Å². The molecule has 17 heteroatoms. The van der Waals surface area contributed by atoms with Crippen LogP contribution in [0.2, 0.25) is 0 Å². The molecule has 0 radical (unpaired) electrons. The normalized spacial score (nSPS) is 10.4. The number of halogens is 5. The second kappa shape index (κ2) is 20.8. The van der Waals surface area contributed by atoms with Gasteiger partial charge in [0.2, 0.25) is 0 Å². The summed E-state index contributed by atoms with van der Waals surface area (Å²) in [6, 6.07) is 13.9. The Bertz CT molecular complexity index is 2570. The molecule has 57 heavy (non-hydrogen) atoms. The van der Waals surface area contributed by atoms with Gasteiger partial charge in [-0.1, -0.05) is 31.9 Å². The molecule has 0 aliphatic carbocycles. The van der Waals surface area contributed by atoms with Gasteiger partial charge < -0.3 is 28.2 Å². The third-order valence-electron chi connectivity index (χ3n) is 8.20. The molecule has 0 unspecified atom stereocenters. The number of nitrogens with zero attached hydrogens (tertiary/aromatic N) is 2. The number of aromatic nitrogens is 2. The maximum absolute atomic E-state index is 13.0. The predicted octanol–water partition coefficient (Wildman–Crippen LogP) is 12.2. The van der Waals surface area contributed by atoms with Crippen LogP contribution in [-0.2, 0) is 9.47 Å². The lowest BCUT2D eigenvalue weighted by Crippen LogP contribution is -2.13. The van der Waals surface area contributed by atoms with Gasteiger partial charge in [0.1, 0.15) is 28.4 Å². The molecule has 0 saturated heterocycles. The van der Waals surface area contributed by atoms with Crippen LogP contribution < -0.4 is 16.0 Å². The van der Waals surface area contributed by atoms with E-state index in [1.54, 1.807) is 55.1 Å². The number of ether oxygens (including phenoxy) is 3. The predicted molar refractivity (Wildman–Crippen MR) is 244 cm³/mol. The van der Waals surface area contributed by atoms with Crippen molar-refractivity contribution in [2.45, 2.75) is 27.7 Å². The van der Waals surface area contributed by atoms with E-state index < -0.39 is 11.3 Å².